The average Bonchev–Trinajstić information content (AvgIpc) is 3.21. The number of likely N-dealkylation sites (tertiary alicyclic amines) is 1. The van der Waals surface area contributed by atoms with Crippen LogP contribution in [-0.4, -0.2) is 57.7 Å². The largest absolute Gasteiger partial charge is 0.365 e. The molecule has 1 aromatic carbocycles. The Morgan fingerprint density at radius 2 is 2.04 bits per heavy atom. The van der Waals surface area contributed by atoms with Crippen molar-refractivity contribution in [1.29, 1.82) is 0 Å². The number of H-pyrrole nitrogens is 1. The second kappa shape index (κ2) is 6.14. The smallest absolute Gasteiger partial charge is 0.249 e. The van der Waals surface area contributed by atoms with Crippen molar-refractivity contribution in [2.45, 2.75) is 25.2 Å². The zero-order valence-corrected chi connectivity index (χ0v) is 12.9. The molecule has 0 radical (unpaired) electrons. The molecule has 2 aromatic rings. The monoisotopic (exact) mass is 312 g/mol. The number of hydrogen-bond donors (Lipinski definition) is 1. The van der Waals surface area contributed by atoms with Crippen molar-refractivity contribution < 1.29 is 9.53 Å². The molecule has 0 spiro atoms. The predicted molar refractivity (Wildman–Crippen MR) is 84.4 cm³/mol. The van der Waals surface area contributed by atoms with Gasteiger partial charge in [-0.05, 0) is 11.6 Å². The van der Waals surface area contributed by atoms with E-state index in [0.29, 0.717) is 6.54 Å². The summed E-state index contributed by atoms with van der Waals surface area (Å²) in [5.41, 5.74) is 2.25. The number of aromatic amines is 1. The normalized spacial score (nSPS) is 24.9. The summed E-state index contributed by atoms with van der Waals surface area (Å²) >= 11 is 0. The molecule has 2 atom stereocenters. The SMILES string of the molecule is O=C1CO[C@@H]2CN(Cc3ccn[nH]3)C[C@H]2N1Cc1ccccc1. The molecular weight excluding hydrogens is 292 g/mol. The van der Waals surface area contributed by atoms with Crippen LogP contribution in [0.2, 0.25) is 0 Å². The Labute approximate surface area is 135 Å². The number of amides is 1. The fraction of sp³-hybridized carbons (Fsp3) is 0.412. The van der Waals surface area contributed by atoms with Crippen molar-refractivity contribution in [3.05, 3.63) is 53.9 Å². The molecule has 0 unspecified atom stereocenters. The van der Waals surface area contributed by atoms with E-state index in [1.54, 1.807) is 6.20 Å². The molecule has 2 aliphatic heterocycles. The first kappa shape index (κ1) is 14.4. The van der Waals surface area contributed by atoms with Crippen LogP contribution in [0.15, 0.2) is 42.6 Å². The minimum Gasteiger partial charge on any atom is -0.365 e. The maximum atomic E-state index is 12.3. The zero-order valence-electron chi connectivity index (χ0n) is 12.9. The number of hydrogen-bond acceptors (Lipinski definition) is 4. The van der Waals surface area contributed by atoms with Crippen LogP contribution in [0.3, 0.4) is 0 Å². The van der Waals surface area contributed by atoms with E-state index in [-0.39, 0.29) is 24.7 Å². The molecule has 2 aliphatic rings. The Balaban J connectivity index is 1.47. The highest BCUT2D eigenvalue weighted by Crippen LogP contribution is 2.26. The summed E-state index contributed by atoms with van der Waals surface area (Å²) in [4.78, 5) is 16.6. The summed E-state index contributed by atoms with van der Waals surface area (Å²) in [6.45, 7) is 3.34. The lowest BCUT2D eigenvalue weighted by Gasteiger charge is -2.36. The van der Waals surface area contributed by atoms with Gasteiger partial charge in [-0.25, -0.2) is 0 Å². The first-order valence-corrected chi connectivity index (χ1v) is 7.95. The van der Waals surface area contributed by atoms with Gasteiger partial charge in [-0.15, -0.1) is 0 Å². The topological polar surface area (TPSA) is 61.5 Å². The van der Waals surface area contributed by atoms with Gasteiger partial charge in [0.15, 0.2) is 0 Å². The molecule has 2 saturated heterocycles. The Kier molecular flexibility index (Phi) is 3.85. The lowest BCUT2D eigenvalue weighted by molar-refractivity contribution is -0.153. The number of carbonyl (C=O) groups is 1. The van der Waals surface area contributed by atoms with Gasteiger partial charge in [-0.1, -0.05) is 30.3 Å². The maximum absolute atomic E-state index is 12.3. The van der Waals surface area contributed by atoms with Crippen LogP contribution in [0.4, 0.5) is 0 Å². The molecule has 1 aromatic heterocycles. The molecule has 6 heteroatoms. The van der Waals surface area contributed by atoms with E-state index >= 15 is 0 Å². The van der Waals surface area contributed by atoms with Crippen LogP contribution in [0.1, 0.15) is 11.3 Å². The van der Waals surface area contributed by atoms with Crippen molar-refractivity contribution in [2.24, 2.45) is 0 Å². The first-order chi connectivity index (χ1) is 11.3. The van der Waals surface area contributed by atoms with Crippen molar-refractivity contribution in [3.63, 3.8) is 0 Å². The molecule has 1 amide bonds. The summed E-state index contributed by atoms with van der Waals surface area (Å²) in [5, 5.41) is 6.98. The number of nitrogens with one attached hydrogen (secondary N) is 1. The third-order valence-electron chi connectivity index (χ3n) is 4.60. The number of morpholine rings is 1. The van der Waals surface area contributed by atoms with Gasteiger partial charge in [0.25, 0.3) is 0 Å². The van der Waals surface area contributed by atoms with E-state index < -0.39 is 0 Å². The Morgan fingerprint density at radius 1 is 1.17 bits per heavy atom. The molecular formula is C17H20N4O2. The van der Waals surface area contributed by atoms with Crippen LogP contribution < -0.4 is 0 Å². The van der Waals surface area contributed by atoms with Gasteiger partial charge in [-0.2, -0.15) is 5.10 Å². The highest BCUT2D eigenvalue weighted by atomic mass is 16.5. The molecule has 0 saturated carbocycles. The Morgan fingerprint density at radius 3 is 2.83 bits per heavy atom. The lowest BCUT2D eigenvalue weighted by atomic mass is 10.1. The number of rotatable bonds is 4. The summed E-state index contributed by atoms with van der Waals surface area (Å²) in [5.74, 6) is 0.0819. The van der Waals surface area contributed by atoms with Gasteiger partial charge in [0, 0.05) is 38.1 Å². The number of aromatic nitrogens is 2. The van der Waals surface area contributed by atoms with Crippen LogP contribution >= 0.6 is 0 Å². The average molecular weight is 312 g/mol. The van der Waals surface area contributed by atoms with Gasteiger partial charge in [0.1, 0.15) is 6.61 Å². The molecule has 120 valence electrons. The number of benzene rings is 1. The zero-order chi connectivity index (χ0) is 15.6. The van der Waals surface area contributed by atoms with Crippen LogP contribution in [0.5, 0.6) is 0 Å². The van der Waals surface area contributed by atoms with Gasteiger partial charge in [0.05, 0.1) is 12.1 Å². The minimum absolute atomic E-state index is 0.0819. The fourth-order valence-corrected chi connectivity index (χ4v) is 3.47. The van der Waals surface area contributed by atoms with E-state index in [1.165, 1.54) is 0 Å². The highest BCUT2D eigenvalue weighted by Gasteiger charge is 2.43. The number of fused-ring (bicyclic) bond motifs is 1. The van der Waals surface area contributed by atoms with Crippen LogP contribution in [0, 0.1) is 0 Å². The molecule has 0 bridgehead atoms. The van der Waals surface area contributed by atoms with Crippen molar-refractivity contribution in [2.75, 3.05) is 19.7 Å². The van der Waals surface area contributed by atoms with E-state index in [2.05, 4.69) is 27.2 Å². The minimum atomic E-state index is 0.0819. The van der Waals surface area contributed by atoms with Crippen molar-refractivity contribution >= 4 is 5.91 Å². The predicted octanol–water partition coefficient (Wildman–Crippen LogP) is 1.02. The van der Waals surface area contributed by atoms with Crippen molar-refractivity contribution in [1.82, 2.24) is 20.0 Å². The third kappa shape index (κ3) is 3.00. The Hall–Kier alpha value is -2.18. The number of carbonyl (C=O) groups excluding carboxylic acids is 1. The third-order valence-corrected chi connectivity index (χ3v) is 4.60. The summed E-state index contributed by atoms with van der Waals surface area (Å²) < 4.78 is 5.77. The van der Waals surface area contributed by atoms with E-state index in [0.717, 1.165) is 30.9 Å². The second-order valence-corrected chi connectivity index (χ2v) is 6.20. The maximum Gasteiger partial charge on any atom is 0.249 e. The van der Waals surface area contributed by atoms with E-state index in [4.69, 9.17) is 4.74 Å². The molecule has 0 aliphatic carbocycles. The van der Waals surface area contributed by atoms with E-state index in [9.17, 15) is 4.79 Å². The highest BCUT2D eigenvalue weighted by molar-refractivity contribution is 5.78. The lowest BCUT2D eigenvalue weighted by Crippen LogP contribution is -2.53. The molecule has 2 fully saturated rings. The number of nitrogens with zero attached hydrogens (tertiary/aromatic N) is 3. The molecule has 3 heterocycles. The quantitative estimate of drug-likeness (QED) is 0.916. The second-order valence-electron chi connectivity index (χ2n) is 6.20. The number of ether oxygens (including phenoxy) is 1. The van der Waals surface area contributed by atoms with Gasteiger partial charge in [-0.3, -0.25) is 14.8 Å². The molecule has 1 N–H and O–H groups in total. The van der Waals surface area contributed by atoms with Crippen LogP contribution in [-0.2, 0) is 22.6 Å². The fourth-order valence-electron chi connectivity index (χ4n) is 3.47. The Bertz CT molecular complexity index is 658. The van der Waals surface area contributed by atoms with Gasteiger partial charge < -0.3 is 9.64 Å². The van der Waals surface area contributed by atoms with Gasteiger partial charge in [0.2, 0.25) is 5.91 Å². The molecule has 4 rings (SSSR count). The summed E-state index contributed by atoms with van der Waals surface area (Å²) in [6, 6.07) is 12.3. The van der Waals surface area contributed by atoms with E-state index in [1.807, 2.05) is 29.2 Å². The first-order valence-electron chi connectivity index (χ1n) is 7.95. The summed E-state index contributed by atoms with van der Waals surface area (Å²) in [7, 11) is 0. The molecule has 23 heavy (non-hydrogen) atoms. The summed E-state index contributed by atoms with van der Waals surface area (Å²) in [6.07, 6.45) is 1.86. The van der Waals surface area contributed by atoms with Crippen LogP contribution in [0.25, 0.3) is 0 Å². The van der Waals surface area contributed by atoms with Gasteiger partial charge >= 0.3 is 0 Å². The van der Waals surface area contributed by atoms with Crippen molar-refractivity contribution in [3.8, 4) is 0 Å². The standard InChI is InChI=1S/C17H20N4O2/c22-17-12-23-16-11-20(9-14-6-7-18-19-14)10-15(16)21(17)8-13-4-2-1-3-5-13/h1-7,15-16H,8-12H2,(H,18,19)/t15-,16-/m1/s1. The molecule has 6 nitrogen and oxygen atoms in total.